The number of quaternary nitrogens is 1. The number of likely N-dealkylation sites (tertiary alicyclic amines) is 1. The number of piperidine rings is 1. The molecule has 2 saturated heterocycles. The van der Waals surface area contributed by atoms with Gasteiger partial charge in [-0.05, 0) is 50.3 Å². The molecule has 6 heteroatoms. The maximum atomic E-state index is 13.1. The zero-order chi connectivity index (χ0) is 18.0. The van der Waals surface area contributed by atoms with E-state index in [2.05, 4.69) is 12.2 Å². The highest BCUT2D eigenvalue weighted by molar-refractivity contribution is 6.07. The van der Waals surface area contributed by atoms with Crippen molar-refractivity contribution in [3.8, 4) is 5.75 Å². The number of hydrogen-bond donors (Lipinski definition) is 2. The van der Waals surface area contributed by atoms with Crippen LogP contribution in [0.15, 0.2) is 24.3 Å². The number of rotatable bonds is 5. The van der Waals surface area contributed by atoms with Crippen molar-refractivity contribution in [1.82, 2.24) is 10.2 Å². The highest BCUT2D eigenvalue weighted by Gasteiger charge is 2.50. The molecule has 1 aromatic carbocycles. The van der Waals surface area contributed by atoms with Gasteiger partial charge in [0.15, 0.2) is 6.67 Å². The first-order chi connectivity index (χ1) is 12.0. The minimum atomic E-state index is -1.04. The average Bonchev–Trinajstić information content (AvgIpc) is 2.86. The number of amides is 3. The van der Waals surface area contributed by atoms with Gasteiger partial charge in [-0.25, -0.2) is 9.69 Å². The van der Waals surface area contributed by atoms with Crippen molar-refractivity contribution in [2.45, 2.75) is 51.1 Å². The maximum Gasteiger partial charge on any atom is 0.329 e. The number of carbonyl (C=O) groups excluding carboxylic acids is 2. The molecule has 1 unspecified atom stereocenters. The molecule has 2 aliphatic heterocycles. The standard InChI is InChI=1S/C19H27N3O3/c1-4-15-9-5-6-11-21(15)13-22-17(23)19(2,20-18(22)24)14-8-7-10-16(12-14)25-3/h7-8,10,12,15H,4-6,9,11,13H2,1-3H3,(H,20,24)/p+1/t15-,19-/m1/s1. The fraction of sp³-hybridized carbons (Fsp3) is 0.579. The SMILES string of the molecule is CC[C@@H]1CCCC[NH+]1CN1C(=O)N[C@](C)(c2cccc(OC)c2)C1=O. The van der Waals surface area contributed by atoms with Gasteiger partial charge in [-0.3, -0.25) is 4.79 Å². The van der Waals surface area contributed by atoms with E-state index in [1.165, 1.54) is 22.6 Å². The van der Waals surface area contributed by atoms with Crippen LogP contribution in [0.4, 0.5) is 4.79 Å². The summed E-state index contributed by atoms with van der Waals surface area (Å²) in [5, 5.41) is 2.89. The van der Waals surface area contributed by atoms with E-state index in [9.17, 15) is 9.59 Å². The largest absolute Gasteiger partial charge is 0.497 e. The molecular weight excluding hydrogens is 318 g/mol. The minimum absolute atomic E-state index is 0.182. The van der Waals surface area contributed by atoms with E-state index in [-0.39, 0.29) is 11.9 Å². The fourth-order valence-corrected chi connectivity index (χ4v) is 4.03. The molecule has 3 atom stereocenters. The van der Waals surface area contributed by atoms with Crippen LogP contribution in [0.5, 0.6) is 5.75 Å². The molecule has 136 valence electrons. The van der Waals surface area contributed by atoms with Crippen LogP contribution in [-0.2, 0) is 10.3 Å². The molecule has 0 radical (unpaired) electrons. The van der Waals surface area contributed by atoms with Crippen molar-refractivity contribution in [2.24, 2.45) is 0 Å². The topological polar surface area (TPSA) is 63.1 Å². The Hall–Kier alpha value is -2.08. The van der Waals surface area contributed by atoms with E-state index in [4.69, 9.17) is 4.74 Å². The molecule has 6 nitrogen and oxygen atoms in total. The number of urea groups is 1. The van der Waals surface area contributed by atoms with E-state index >= 15 is 0 Å². The number of nitrogens with zero attached hydrogens (tertiary/aromatic N) is 1. The van der Waals surface area contributed by atoms with Gasteiger partial charge in [-0.15, -0.1) is 0 Å². The lowest BCUT2D eigenvalue weighted by Crippen LogP contribution is -3.18. The second-order valence-electron chi connectivity index (χ2n) is 7.19. The number of hydrogen-bond acceptors (Lipinski definition) is 3. The molecule has 0 saturated carbocycles. The van der Waals surface area contributed by atoms with Crippen LogP contribution in [-0.4, -0.2) is 43.2 Å². The van der Waals surface area contributed by atoms with Crippen molar-refractivity contribution in [3.05, 3.63) is 29.8 Å². The molecule has 3 rings (SSSR count). The third-order valence-electron chi connectivity index (χ3n) is 5.65. The average molecular weight is 346 g/mol. The second kappa shape index (κ2) is 7.04. The second-order valence-corrected chi connectivity index (χ2v) is 7.19. The first-order valence-corrected chi connectivity index (χ1v) is 9.12. The van der Waals surface area contributed by atoms with Crippen LogP contribution in [0, 0.1) is 0 Å². The highest BCUT2D eigenvalue weighted by Crippen LogP contribution is 2.30. The quantitative estimate of drug-likeness (QED) is 0.789. The van der Waals surface area contributed by atoms with Gasteiger partial charge in [0.1, 0.15) is 11.3 Å². The zero-order valence-corrected chi connectivity index (χ0v) is 15.3. The number of imide groups is 1. The Morgan fingerprint density at radius 2 is 2.16 bits per heavy atom. The summed E-state index contributed by atoms with van der Waals surface area (Å²) in [4.78, 5) is 28.4. The number of benzene rings is 1. The third-order valence-corrected chi connectivity index (χ3v) is 5.65. The van der Waals surface area contributed by atoms with Gasteiger partial charge in [0.25, 0.3) is 5.91 Å². The van der Waals surface area contributed by atoms with Crippen molar-refractivity contribution >= 4 is 11.9 Å². The molecule has 2 aliphatic rings. The lowest BCUT2D eigenvalue weighted by Gasteiger charge is -2.34. The van der Waals surface area contributed by atoms with Crippen LogP contribution in [0.3, 0.4) is 0 Å². The summed E-state index contributed by atoms with van der Waals surface area (Å²) in [6.07, 6.45) is 4.64. The van der Waals surface area contributed by atoms with Crippen molar-refractivity contribution in [3.63, 3.8) is 0 Å². The normalized spacial score (nSPS) is 29.6. The molecule has 3 amide bonds. The Labute approximate surface area is 149 Å². The molecule has 0 bridgehead atoms. The van der Waals surface area contributed by atoms with Crippen molar-refractivity contribution < 1.29 is 19.2 Å². The lowest BCUT2D eigenvalue weighted by molar-refractivity contribution is -0.937. The molecule has 1 aromatic rings. The Morgan fingerprint density at radius 1 is 1.36 bits per heavy atom. The van der Waals surface area contributed by atoms with Gasteiger partial charge >= 0.3 is 6.03 Å². The van der Waals surface area contributed by atoms with Crippen LogP contribution >= 0.6 is 0 Å². The van der Waals surface area contributed by atoms with E-state index < -0.39 is 5.54 Å². The molecule has 2 fully saturated rings. The van der Waals surface area contributed by atoms with Gasteiger partial charge in [0.05, 0.1) is 19.7 Å². The van der Waals surface area contributed by atoms with Crippen LogP contribution < -0.4 is 15.0 Å². The number of nitrogens with one attached hydrogen (secondary N) is 2. The Morgan fingerprint density at radius 3 is 2.88 bits per heavy atom. The molecule has 2 N–H and O–H groups in total. The highest BCUT2D eigenvalue weighted by atomic mass is 16.5. The molecule has 0 aromatic heterocycles. The first-order valence-electron chi connectivity index (χ1n) is 9.12. The summed E-state index contributed by atoms with van der Waals surface area (Å²) in [6, 6.07) is 7.55. The summed E-state index contributed by atoms with van der Waals surface area (Å²) >= 11 is 0. The minimum Gasteiger partial charge on any atom is -0.497 e. The summed E-state index contributed by atoms with van der Waals surface area (Å²) in [6.45, 7) is 5.42. The summed E-state index contributed by atoms with van der Waals surface area (Å²) in [5.74, 6) is 0.491. The summed E-state index contributed by atoms with van der Waals surface area (Å²) in [7, 11) is 1.59. The van der Waals surface area contributed by atoms with E-state index in [0.717, 1.165) is 24.9 Å². The molecule has 0 aliphatic carbocycles. The molecule has 2 heterocycles. The zero-order valence-electron chi connectivity index (χ0n) is 15.3. The van der Waals surface area contributed by atoms with E-state index in [1.807, 2.05) is 24.3 Å². The first kappa shape index (κ1) is 17.7. The summed E-state index contributed by atoms with van der Waals surface area (Å²) in [5.41, 5.74) is -0.295. The lowest BCUT2D eigenvalue weighted by atomic mass is 9.92. The van der Waals surface area contributed by atoms with Crippen LogP contribution in [0.1, 0.15) is 45.1 Å². The fourth-order valence-electron chi connectivity index (χ4n) is 4.03. The number of ether oxygens (including phenoxy) is 1. The smallest absolute Gasteiger partial charge is 0.329 e. The van der Waals surface area contributed by atoms with E-state index in [0.29, 0.717) is 18.5 Å². The monoisotopic (exact) mass is 346 g/mol. The summed E-state index contributed by atoms with van der Waals surface area (Å²) < 4.78 is 5.26. The number of methoxy groups -OCH3 is 1. The van der Waals surface area contributed by atoms with Crippen molar-refractivity contribution in [1.29, 1.82) is 0 Å². The van der Waals surface area contributed by atoms with Crippen LogP contribution in [0.25, 0.3) is 0 Å². The number of carbonyl (C=O) groups is 2. The van der Waals surface area contributed by atoms with Gasteiger partial charge in [-0.2, -0.15) is 0 Å². The predicted molar refractivity (Wildman–Crippen MR) is 94.4 cm³/mol. The Bertz CT molecular complexity index is 663. The third kappa shape index (κ3) is 3.23. The van der Waals surface area contributed by atoms with Gasteiger partial charge < -0.3 is 15.0 Å². The van der Waals surface area contributed by atoms with E-state index in [1.54, 1.807) is 14.0 Å². The van der Waals surface area contributed by atoms with Gasteiger partial charge in [0.2, 0.25) is 0 Å². The predicted octanol–water partition coefficient (Wildman–Crippen LogP) is 1.27. The molecule has 0 spiro atoms. The maximum absolute atomic E-state index is 13.1. The van der Waals surface area contributed by atoms with Crippen LogP contribution in [0.2, 0.25) is 0 Å². The van der Waals surface area contributed by atoms with Gasteiger partial charge in [0, 0.05) is 0 Å². The molecular formula is C19H28N3O3+. The Kier molecular flexibility index (Phi) is 4.99. The molecule has 25 heavy (non-hydrogen) atoms. The van der Waals surface area contributed by atoms with Crippen molar-refractivity contribution in [2.75, 3.05) is 20.3 Å². The van der Waals surface area contributed by atoms with Gasteiger partial charge in [-0.1, -0.05) is 19.1 Å². The Balaban J connectivity index is 1.81.